The van der Waals surface area contributed by atoms with Gasteiger partial charge in [0.2, 0.25) is 5.91 Å². The van der Waals surface area contributed by atoms with Gasteiger partial charge in [0.15, 0.2) is 0 Å². The van der Waals surface area contributed by atoms with Gasteiger partial charge in [-0.1, -0.05) is 13.3 Å². The van der Waals surface area contributed by atoms with E-state index in [1.807, 2.05) is 0 Å². The zero-order chi connectivity index (χ0) is 11.9. The summed E-state index contributed by atoms with van der Waals surface area (Å²) in [5, 5.41) is 6.19. The number of carbonyl (C=O) groups excluding carboxylic acids is 1. The van der Waals surface area contributed by atoms with Gasteiger partial charge in [-0.2, -0.15) is 0 Å². The second-order valence-electron chi connectivity index (χ2n) is 4.77. The molecule has 1 aliphatic rings. The maximum Gasteiger partial charge on any atom is 0.233 e. The molecule has 1 heterocycles. The van der Waals surface area contributed by atoms with Gasteiger partial charge >= 0.3 is 0 Å². The Kier molecular flexibility index (Phi) is 5.77. The molecule has 1 atom stereocenters. The fourth-order valence-electron chi connectivity index (χ4n) is 1.83. The molecular formula is C12H24N2O2. The van der Waals surface area contributed by atoms with Gasteiger partial charge in [-0.15, -0.1) is 0 Å². The van der Waals surface area contributed by atoms with Crippen LogP contribution in [0.4, 0.5) is 0 Å². The summed E-state index contributed by atoms with van der Waals surface area (Å²) in [5.41, 5.74) is -0.0274. The number of rotatable bonds is 6. The van der Waals surface area contributed by atoms with Gasteiger partial charge in [0, 0.05) is 18.7 Å². The number of ether oxygens (including phenoxy) is 1. The molecule has 1 saturated heterocycles. The van der Waals surface area contributed by atoms with Gasteiger partial charge in [0.05, 0.1) is 13.2 Å². The van der Waals surface area contributed by atoms with E-state index >= 15 is 0 Å². The van der Waals surface area contributed by atoms with Gasteiger partial charge in [0.25, 0.3) is 0 Å². The molecule has 94 valence electrons. The third-order valence-corrected chi connectivity index (χ3v) is 2.97. The first-order valence-electron chi connectivity index (χ1n) is 6.26. The van der Waals surface area contributed by atoms with Crippen molar-refractivity contribution >= 4 is 5.91 Å². The summed E-state index contributed by atoms with van der Waals surface area (Å²) in [6.07, 6.45) is 4.31. The van der Waals surface area contributed by atoms with E-state index in [2.05, 4.69) is 24.5 Å². The second-order valence-corrected chi connectivity index (χ2v) is 4.77. The smallest absolute Gasteiger partial charge is 0.233 e. The minimum absolute atomic E-state index is 0.0274. The second kappa shape index (κ2) is 6.86. The predicted molar refractivity (Wildman–Crippen MR) is 64.4 cm³/mol. The molecule has 0 spiro atoms. The molecule has 1 fully saturated rings. The molecule has 1 unspecified atom stereocenters. The average molecular weight is 228 g/mol. The van der Waals surface area contributed by atoms with Gasteiger partial charge in [0.1, 0.15) is 0 Å². The van der Waals surface area contributed by atoms with Gasteiger partial charge < -0.3 is 15.4 Å². The fourth-order valence-corrected chi connectivity index (χ4v) is 1.83. The first-order chi connectivity index (χ1) is 7.66. The summed E-state index contributed by atoms with van der Waals surface area (Å²) in [6.45, 7) is 6.96. The summed E-state index contributed by atoms with van der Waals surface area (Å²) in [7, 11) is 0. The highest BCUT2D eigenvalue weighted by Crippen LogP contribution is 2.17. The molecule has 0 bridgehead atoms. The Labute approximate surface area is 98.1 Å². The predicted octanol–water partition coefficient (Wildman–Crippen LogP) is 1.06. The lowest BCUT2D eigenvalue weighted by Gasteiger charge is -2.34. The van der Waals surface area contributed by atoms with Crippen LogP contribution in [0.2, 0.25) is 0 Å². The van der Waals surface area contributed by atoms with Crippen LogP contribution < -0.4 is 10.6 Å². The first kappa shape index (κ1) is 13.5. The highest BCUT2D eigenvalue weighted by atomic mass is 16.5. The summed E-state index contributed by atoms with van der Waals surface area (Å²) >= 11 is 0. The third-order valence-electron chi connectivity index (χ3n) is 2.97. The van der Waals surface area contributed by atoms with Crippen molar-refractivity contribution in [2.75, 3.05) is 26.3 Å². The minimum atomic E-state index is -0.0274. The number of hydrogen-bond acceptors (Lipinski definition) is 3. The van der Waals surface area contributed by atoms with E-state index < -0.39 is 0 Å². The monoisotopic (exact) mass is 228 g/mol. The van der Waals surface area contributed by atoms with Crippen molar-refractivity contribution < 1.29 is 9.53 Å². The van der Waals surface area contributed by atoms with E-state index in [0.717, 1.165) is 38.8 Å². The first-order valence-corrected chi connectivity index (χ1v) is 6.26. The van der Waals surface area contributed by atoms with E-state index in [1.54, 1.807) is 0 Å². The molecule has 0 aromatic heterocycles. The lowest BCUT2D eigenvalue weighted by molar-refractivity contribution is -0.120. The van der Waals surface area contributed by atoms with Crippen LogP contribution in [0.3, 0.4) is 0 Å². The molecule has 0 aliphatic carbocycles. The average Bonchev–Trinajstić information content (AvgIpc) is 2.28. The standard InChI is InChI=1S/C12H24N2O2/c1-3-4-7-13-11(15)9-14-12(2)6-5-8-16-10-12/h14H,3-10H2,1-2H3,(H,13,15). The van der Waals surface area contributed by atoms with Crippen LogP contribution in [0.25, 0.3) is 0 Å². The highest BCUT2D eigenvalue weighted by molar-refractivity contribution is 5.78. The summed E-state index contributed by atoms with van der Waals surface area (Å²) in [6, 6.07) is 0. The van der Waals surface area contributed by atoms with Crippen LogP contribution in [0.15, 0.2) is 0 Å². The molecule has 0 radical (unpaired) electrons. The largest absolute Gasteiger partial charge is 0.380 e. The summed E-state index contributed by atoms with van der Waals surface area (Å²) < 4.78 is 5.42. The Bertz CT molecular complexity index is 213. The van der Waals surface area contributed by atoms with Crippen molar-refractivity contribution in [3.8, 4) is 0 Å². The zero-order valence-corrected chi connectivity index (χ0v) is 10.5. The quantitative estimate of drug-likeness (QED) is 0.668. The van der Waals surface area contributed by atoms with Crippen molar-refractivity contribution in [2.45, 2.75) is 45.1 Å². The molecule has 2 N–H and O–H groups in total. The molecule has 1 amide bonds. The van der Waals surface area contributed by atoms with Crippen LogP contribution in [0.5, 0.6) is 0 Å². The Morgan fingerprint density at radius 2 is 2.31 bits per heavy atom. The van der Waals surface area contributed by atoms with Crippen LogP contribution in [0.1, 0.15) is 39.5 Å². The molecule has 1 aliphatic heterocycles. The molecule has 0 aromatic rings. The number of unbranched alkanes of at least 4 members (excludes halogenated alkanes) is 1. The van der Waals surface area contributed by atoms with Crippen molar-refractivity contribution in [1.29, 1.82) is 0 Å². The van der Waals surface area contributed by atoms with Crippen molar-refractivity contribution in [2.24, 2.45) is 0 Å². The molecule has 16 heavy (non-hydrogen) atoms. The van der Waals surface area contributed by atoms with Crippen molar-refractivity contribution in [1.82, 2.24) is 10.6 Å². The van der Waals surface area contributed by atoms with Crippen LogP contribution in [-0.4, -0.2) is 37.7 Å². The number of nitrogens with one attached hydrogen (secondary N) is 2. The fraction of sp³-hybridized carbons (Fsp3) is 0.917. The number of hydrogen-bond donors (Lipinski definition) is 2. The SMILES string of the molecule is CCCCNC(=O)CNC1(C)CCCOC1. The van der Waals surface area contributed by atoms with Crippen LogP contribution in [0, 0.1) is 0 Å². The molecule has 0 saturated carbocycles. The maximum absolute atomic E-state index is 11.5. The Balaban J connectivity index is 2.14. The van der Waals surface area contributed by atoms with E-state index in [-0.39, 0.29) is 11.4 Å². The van der Waals surface area contributed by atoms with Gasteiger partial charge in [-0.25, -0.2) is 0 Å². The van der Waals surface area contributed by atoms with Crippen molar-refractivity contribution in [3.05, 3.63) is 0 Å². The summed E-state index contributed by atoms with van der Waals surface area (Å²) in [4.78, 5) is 11.5. The normalized spacial score (nSPS) is 25.4. The minimum Gasteiger partial charge on any atom is -0.380 e. The van der Waals surface area contributed by atoms with Gasteiger partial charge in [-0.3, -0.25) is 4.79 Å². The van der Waals surface area contributed by atoms with Crippen LogP contribution in [-0.2, 0) is 9.53 Å². The molecule has 4 heteroatoms. The topological polar surface area (TPSA) is 50.4 Å². The van der Waals surface area contributed by atoms with E-state index in [1.165, 1.54) is 0 Å². The Morgan fingerprint density at radius 1 is 1.50 bits per heavy atom. The molecule has 1 rings (SSSR count). The molecule has 4 nitrogen and oxygen atoms in total. The van der Waals surface area contributed by atoms with Crippen LogP contribution >= 0.6 is 0 Å². The maximum atomic E-state index is 11.5. The lowest BCUT2D eigenvalue weighted by Crippen LogP contribution is -2.52. The zero-order valence-electron chi connectivity index (χ0n) is 10.5. The summed E-state index contributed by atoms with van der Waals surface area (Å²) in [5.74, 6) is 0.0836. The Hall–Kier alpha value is -0.610. The van der Waals surface area contributed by atoms with E-state index in [4.69, 9.17) is 4.74 Å². The number of carbonyl (C=O) groups is 1. The third kappa shape index (κ3) is 4.94. The van der Waals surface area contributed by atoms with Crippen molar-refractivity contribution in [3.63, 3.8) is 0 Å². The molecule has 0 aromatic carbocycles. The lowest BCUT2D eigenvalue weighted by atomic mass is 9.95. The Morgan fingerprint density at radius 3 is 2.94 bits per heavy atom. The highest BCUT2D eigenvalue weighted by Gasteiger charge is 2.27. The number of amides is 1. The molecular weight excluding hydrogens is 204 g/mol. The van der Waals surface area contributed by atoms with Gasteiger partial charge in [-0.05, 0) is 26.2 Å². The van der Waals surface area contributed by atoms with E-state index in [0.29, 0.717) is 13.2 Å². The van der Waals surface area contributed by atoms with E-state index in [9.17, 15) is 4.79 Å².